The summed E-state index contributed by atoms with van der Waals surface area (Å²) < 4.78 is 0. The van der Waals surface area contributed by atoms with Crippen LogP contribution < -0.4 is 16.4 Å². The average Bonchev–Trinajstić information content (AvgIpc) is 3.10. The predicted octanol–water partition coefficient (Wildman–Crippen LogP) is 4.42. The molecule has 0 saturated heterocycles. The number of aromatic nitrogens is 1. The zero-order chi connectivity index (χ0) is 17.5. The lowest BCUT2D eigenvalue weighted by molar-refractivity contribution is 0.262. The van der Waals surface area contributed by atoms with Gasteiger partial charge in [0.05, 0.1) is 5.69 Å². The number of hydrogen-bond acceptors (Lipinski definition) is 4. The molecule has 5 nitrogen and oxygen atoms in total. The first kappa shape index (κ1) is 17.1. The van der Waals surface area contributed by atoms with Crippen molar-refractivity contribution in [3.8, 4) is 0 Å². The lowest BCUT2D eigenvalue weighted by atomic mass is 10.0. The van der Waals surface area contributed by atoms with Crippen molar-refractivity contribution in [1.82, 2.24) is 4.98 Å². The van der Waals surface area contributed by atoms with E-state index in [0.717, 1.165) is 24.2 Å². The summed E-state index contributed by atoms with van der Waals surface area (Å²) in [6.07, 6.45) is 1.71. The second-order valence-electron chi connectivity index (χ2n) is 5.65. The van der Waals surface area contributed by atoms with E-state index in [1.807, 2.05) is 53.9 Å². The highest BCUT2D eigenvalue weighted by Crippen LogP contribution is 2.22. The van der Waals surface area contributed by atoms with Crippen molar-refractivity contribution in [3.63, 3.8) is 0 Å². The van der Waals surface area contributed by atoms with Gasteiger partial charge in [-0.05, 0) is 30.5 Å². The van der Waals surface area contributed by atoms with Gasteiger partial charge < -0.3 is 11.1 Å². The van der Waals surface area contributed by atoms with Crippen LogP contribution in [0.1, 0.15) is 23.7 Å². The maximum atomic E-state index is 12.0. The first-order chi connectivity index (χ1) is 12.2. The van der Waals surface area contributed by atoms with Crippen LogP contribution in [0.5, 0.6) is 0 Å². The first-order valence-electron chi connectivity index (χ1n) is 8.09. The first-order valence-corrected chi connectivity index (χ1v) is 8.96. The minimum Gasteiger partial charge on any atom is -0.323 e. The molecule has 1 aromatic heterocycles. The third-order valence-electron chi connectivity index (χ3n) is 3.74. The van der Waals surface area contributed by atoms with Gasteiger partial charge in [0.1, 0.15) is 0 Å². The molecule has 1 heterocycles. The van der Waals surface area contributed by atoms with Gasteiger partial charge in [0.25, 0.3) is 0 Å². The molecular weight excluding hydrogens is 332 g/mol. The SMILES string of the molecule is NC(CCc1ccccc1)c1csc(NC(=O)Nc2ccccc2)n1. The van der Waals surface area contributed by atoms with Gasteiger partial charge in [0, 0.05) is 17.1 Å². The average molecular weight is 352 g/mol. The highest BCUT2D eigenvalue weighted by molar-refractivity contribution is 7.13. The number of nitrogens with two attached hydrogens (primary N) is 1. The monoisotopic (exact) mass is 352 g/mol. The van der Waals surface area contributed by atoms with Gasteiger partial charge in [-0.15, -0.1) is 11.3 Å². The minimum atomic E-state index is -0.315. The summed E-state index contributed by atoms with van der Waals surface area (Å²) >= 11 is 1.38. The minimum absolute atomic E-state index is 0.149. The molecule has 2 aromatic carbocycles. The van der Waals surface area contributed by atoms with Crippen LogP contribution in [0.2, 0.25) is 0 Å². The molecule has 4 N–H and O–H groups in total. The molecule has 0 aliphatic heterocycles. The summed E-state index contributed by atoms with van der Waals surface area (Å²) in [5, 5.41) is 7.94. The van der Waals surface area contributed by atoms with Crippen LogP contribution in [-0.2, 0) is 6.42 Å². The Labute approximate surface area is 150 Å². The van der Waals surface area contributed by atoms with Crippen molar-refractivity contribution in [2.45, 2.75) is 18.9 Å². The Hall–Kier alpha value is -2.70. The summed E-state index contributed by atoms with van der Waals surface area (Å²) in [4.78, 5) is 16.4. The normalized spacial score (nSPS) is 11.7. The fourth-order valence-corrected chi connectivity index (χ4v) is 3.18. The van der Waals surface area contributed by atoms with Crippen LogP contribution in [-0.4, -0.2) is 11.0 Å². The largest absolute Gasteiger partial charge is 0.325 e. The van der Waals surface area contributed by atoms with Crippen molar-refractivity contribution < 1.29 is 4.79 Å². The highest BCUT2D eigenvalue weighted by atomic mass is 32.1. The molecule has 3 aromatic rings. The van der Waals surface area contributed by atoms with Crippen LogP contribution in [0.3, 0.4) is 0 Å². The Bertz CT molecular complexity index is 805. The van der Waals surface area contributed by atoms with E-state index < -0.39 is 0 Å². The molecule has 0 aliphatic carbocycles. The lowest BCUT2D eigenvalue weighted by Crippen LogP contribution is -2.19. The van der Waals surface area contributed by atoms with Gasteiger partial charge >= 0.3 is 6.03 Å². The predicted molar refractivity (Wildman–Crippen MR) is 103 cm³/mol. The number of carbonyl (C=O) groups excluding carboxylic acids is 1. The maximum Gasteiger partial charge on any atom is 0.325 e. The van der Waals surface area contributed by atoms with Crippen molar-refractivity contribution in [2.75, 3.05) is 10.6 Å². The van der Waals surface area contributed by atoms with Crippen molar-refractivity contribution in [3.05, 3.63) is 77.3 Å². The van der Waals surface area contributed by atoms with Gasteiger partial charge in [-0.1, -0.05) is 48.5 Å². The zero-order valence-electron chi connectivity index (χ0n) is 13.7. The fourth-order valence-electron chi connectivity index (χ4n) is 2.41. The Morgan fingerprint density at radius 2 is 1.72 bits per heavy atom. The van der Waals surface area contributed by atoms with Crippen LogP contribution in [0.25, 0.3) is 0 Å². The lowest BCUT2D eigenvalue weighted by Gasteiger charge is -2.08. The summed E-state index contributed by atoms with van der Waals surface area (Å²) in [6.45, 7) is 0. The van der Waals surface area contributed by atoms with E-state index in [0.29, 0.717) is 5.13 Å². The molecule has 0 saturated carbocycles. The van der Waals surface area contributed by atoms with E-state index >= 15 is 0 Å². The van der Waals surface area contributed by atoms with E-state index in [1.165, 1.54) is 16.9 Å². The molecule has 25 heavy (non-hydrogen) atoms. The van der Waals surface area contributed by atoms with Crippen LogP contribution in [0, 0.1) is 0 Å². The Balaban J connectivity index is 1.52. The van der Waals surface area contributed by atoms with Gasteiger partial charge in [-0.2, -0.15) is 0 Å². The van der Waals surface area contributed by atoms with Crippen molar-refractivity contribution >= 4 is 28.2 Å². The smallest absolute Gasteiger partial charge is 0.323 e. The topological polar surface area (TPSA) is 80.0 Å². The molecule has 6 heteroatoms. The fraction of sp³-hybridized carbons (Fsp3) is 0.158. The number of nitrogens with zero attached hydrogens (tertiary/aromatic N) is 1. The molecule has 0 bridgehead atoms. The van der Waals surface area contributed by atoms with Crippen LogP contribution in [0.4, 0.5) is 15.6 Å². The summed E-state index contributed by atoms with van der Waals surface area (Å²) in [5.74, 6) is 0. The molecule has 0 radical (unpaired) electrons. The molecule has 1 unspecified atom stereocenters. The van der Waals surface area contributed by atoms with E-state index in [9.17, 15) is 4.79 Å². The molecular formula is C19H20N4OS. The number of nitrogens with one attached hydrogen (secondary N) is 2. The number of anilines is 2. The number of aryl methyl sites for hydroxylation is 1. The number of amides is 2. The molecule has 0 spiro atoms. The van der Waals surface area contributed by atoms with Crippen molar-refractivity contribution in [2.24, 2.45) is 5.73 Å². The molecule has 0 aliphatic rings. The van der Waals surface area contributed by atoms with Crippen LogP contribution in [0.15, 0.2) is 66.0 Å². The number of thiazole rings is 1. The molecule has 128 valence electrons. The van der Waals surface area contributed by atoms with E-state index in [-0.39, 0.29) is 12.1 Å². The number of rotatable bonds is 6. The zero-order valence-corrected chi connectivity index (χ0v) is 14.5. The molecule has 2 amide bonds. The van der Waals surface area contributed by atoms with Gasteiger partial charge in [0.15, 0.2) is 5.13 Å². The Morgan fingerprint density at radius 3 is 2.44 bits per heavy atom. The quantitative estimate of drug-likeness (QED) is 0.614. The highest BCUT2D eigenvalue weighted by Gasteiger charge is 2.12. The number of carbonyl (C=O) groups is 1. The second kappa shape index (κ2) is 8.41. The maximum absolute atomic E-state index is 12.0. The van der Waals surface area contributed by atoms with Gasteiger partial charge in [-0.3, -0.25) is 5.32 Å². The standard InChI is InChI=1S/C19H20N4OS/c20-16(12-11-14-7-3-1-4-8-14)17-13-25-19(22-17)23-18(24)21-15-9-5-2-6-10-15/h1-10,13,16H,11-12,20H2,(H2,21,22,23,24). The van der Waals surface area contributed by atoms with Gasteiger partial charge in [-0.25, -0.2) is 9.78 Å². The molecule has 1 atom stereocenters. The second-order valence-corrected chi connectivity index (χ2v) is 6.51. The summed E-state index contributed by atoms with van der Waals surface area (Å²) in [6, 6.07) is 19.0. The van der Waals surface area contributed by atoms with Crippen molar-refractivity contribution in [1.29, 1.82) is 0 Å². The number of benzene rings is 2. The third-order valence-corrected chi connectivity index (χ3v) is 4.52. The van der Waals surface area contributed by atoms with E-state index in [4.69, 9.17) is 5.73 Å². The number of para-hydroxylation sites is 1. The van der Waals surface area contributed by atoms with E-state index in [2.05, 4.69) is 27.8 Å². The Morgan fingerprint density at radius 1 is 1.04 bits per heavy atom. The summed E-state index contributed by atoms with van der Waals surface area (Å²) in [5.41, 5.74) is 9.02. The third kappa shape index (κ3) is 5.14. The molecule has 0 fully saturated rings. The molecule has 3 rings (SSSR count). The van der Waals surface area contributed by atoms with E-state index in [1.54, 1.807) is 0 Å². The Kier molecular flexibility index (Phi) is 5.77. The van der Waals surface area contributed by atoms with Gasteiger partial charge in [0.2, 0.25) is 0 Å². The number of urea groups is 1. The number of hydrogen-bond donors (Lipinski definition) is 3. The van der Waals surface area contributed by atoms with Crippen LogP contribution >= 0.6 is 11.3 Å². The summed E-state index contributed by atoms with van der Waals surface area (Å²) in [7, 11) is 0.